The van der Waals surface area contributed by atoms with Crippen LogP contribution in [0.1, 0.15) is 5.56 Å². The van der Waals surface area contributed by atoms with Crippen LogP contribution in [0.3, 0.4) is 0 Å². The first kappa shape index (κ1) is 16.0. The van der Waals surface area contributed by atoms with Crippen molar-refractivity contribution in [3.8, 4) is 0 Å². The molecule has 1 amide bonds. The highest BCUT2D eigenvalue weighted by Crippen LogP contribution is 2.33. The minimum atomic E-state index is -0.0547. The molecule has 0 radical (unpaired) electrons. The quantitative estimate of drug-likeness (QED) is 0.299. The van der Waals surface area contributed by atoms with Gasteiger partial charge >= 0.3 is 0 Å². The Hall–Kier alpha value is -0.370. The van der Waals surface area contributed by atoms with Gasteiger partial charge in [0.25, 0.3) is 5.91 Å². The molecule has 20 heavy (non-hydrogen) atoms. The number of amides is 1. The topological polar surface area (TPSA) is 20.3 Å². The predicted octanol–water partition coefficient (Wildman–Crippen LogP) is 4.58. The van der Waals surface area contributed by atoms with Gasteiger partial charge in [-0.2, -0.15) is 0 Å². The Balaban J connectivity index is 2.15. The highest BCUT2D eigenvalue weighted by molar-refractivity contribution is 14.1. The lowest BCUT2D eigenvalue weighted by molar-refractivity contribution is -0.122. The summed E-state index contributed by atoms with van der Waals surface area (Å²) in [5.41, 5.74) is 1.91. The fraction of sp³-hybridized carbons (Fsp3) is 0.143. The molecule has 6 heteroatoms. The first-order valence-electron chi connectivity index (χ1n) is 5.75. The van der Waals surface area contributed by atoms with E-state index in [-0.39, 0.29) is 5.91 Å². The summed E-state index contributed by atoms with van der Waals surface area (Å²) in [5, 5.41) is 0.678. The van der Waals surface area contributed by atoms with Crippen LogP contribution in [0.5, 0.6) is 0 Å². The lowest BCUT2D eigenvalue weighted by atomic mass is 10.2. The molecular weight excluding hydrogens is 425 g/mol. The zero-order valence-electron chi connectivity index (χ0n) is 10.4. The van der Waals surface area contributed by atoms with Gasteiger partial charge in [-0.3, -0.25) is 9.69 Å². The zero-order valence-corrected chi connectivity index (χ0v) is 15.0. The molecule has 1 fully saturated rings. The number of hydrogen-bond acceptors (Lipinski definition) is 3. The van der Waals surface area contributed by atoms with Gasteiger partial charge in [0.2, 0.25) is 0 Å². The second-order valence-corrected chi connectivity index (χ2v) is 7.06. The van der Waals surface area contributed by atoms with E-state index in [1.165, 1.54) is 11.8 Å². The van der Waals surface area contributed by atoms with Gasteiger partial charge in [-0.25, -0.2) is 0 Å². The molecule has 0 aliphatic carbocycles. The maximum Gasteiger partial charge on any atom is 0.266 e. The molecule has 1 aliphatic rings. The van der Waals surface area contributed by atoms with Crippen LogP contribution in [0.4, 0.5) is 0 Å². The molecular formula is C14H11ClINOS2. The molecule has 0 atom stereocenters. The van der Waals surface area contributed by atoms with E-state index >= 15 is 0 Å². The van der Waals surface area contributed by atoms with E-state index in [1.54, 1.807) is 4.90 Å². The molecule has 2 rings (SSSR count). The summed E-state index contributed by atoms with van der Waals surface area (Å²) in [6.07, 6.45) is 1.81. The maximum absolute atomic E-state index is 12.3. The van der Waals surface area contributed by atoms with E-state index in [1.807, 2.05) is 30.3 Å². The van der Waals surface area contributed by atoms with Gasteiger partial charge in [-0.05, 0) is 29.3 Å². The number of halogens is 2. The molecule has 0 aromatic heterocycles. The number of alkyl halides is 1. The van der Waals surface area contributed by atoms with Gasteiger partial charge < -0.3 is 0 Å². The fourth-order valence-corrected chi connectivity index (χ4v) is 3.26. The Morgan fingerprint density at radius 1 is 1.45 bits per heavy atom. The number of allylic oxidation sites excluding steroid dienone is 2. The van der Waals surface area contributed by atoms with Crippen LogP contribution in [-0.4, -0.2) is 19.6 Å². The number of rotatable bonds is 4. The molecule has 0 bridgehead atoms. The number of benzene rings is 1. The molecule has 1 aromatic rings. The van der Waals surface area contributed by atoms with Crippen molar-refractivity contribution in [1.29, 1.82) is 0 Å². The van der Waals surface area contributed by atoms with E-state index in [9.17, 15) is 4.79 Å². The smallest absolute Gasteiger partial charge is 0.266 e. The molecule has 0 N–H and O–H groups in total. The molecule has 104 valence electrons. The highest BCUT2D eigenvalue weighted by Gasteiger charge is 2.31. The maximum atomic E-state index is 12.3. The van der Waals surface area contributed by atoms with Crippen molar-refractivity contribution in [2.75, 3.05) is 4.43 Å². The monoisotopic (exact) mass is 435 g/mol. The fourth-order valence-electron chi connectivity index (χ4n) is 1.63. The van der Waals surface area contributed by atoms with Crippen LogP contribution in [-0.2, 0) is 11.3 Å². The van der Waals surface area contributed by atoms with Crippen LogP contribution in [0.25, 0.3) is 0 Å². The Labute approximate surface area is 146 Å². The molecule has 0 saturated carbocycles. The zero-order chi connectivity index (χ0) is 14.7. The summed E-state index contributed by atoms with van der Waals surface area (Å²) in [4.78, 5) is 14.6. The van der Waals surface area contributed by atoms with Crippen molar-refractivity contribution < 1.29 is 4.79 Å². The Morgan fingerprint density at radius 3 is 2.70 bits per heavy atom. The van der Waals surface area contributed by atoms with Crippen molar-refractivity contribution in [3.63, 3.8) is 0 Å². The second-order valence-electron chi connectivity index (χ2n) is 4.19. The van der Waals surface area contributed by atoms with E-state index in [0.29, 0.717) is 20.8 Å². The number of thiocarbonyl (C=S) groups is 1. The molecule has 1 aliphatic heterocycles. The van der Waals surface area contributed by atoms with Gasteiger partial charge in [0.05, 0.1) is 11.4 Å². The third-order valence-corrected chi connectivity index (χ3v) is 5.24. The SMILES string of the molecule is C=C(/C=C1/SC(=S)N(Cc2ccc(Cl)cc2)C1=O)CI. The number of carbonyl (C=O) groups excluding carboxylic acids is 1. The molecule has 2 nitrogen and oxygen atoms in total. The molecule has 1 heterocycles. The minimum Gasteiger partial charge on any atom is -0.288 e. The van der Waals surface area contributed by atoms with Gasteiger partial charge in [-0.1, -0.05) is 76.9 Å². The van der Waals surface area contributed by atoms with Crippen LogP contribution in [0, 0.1) is 0 Å². The highest BCUT2D eigenvalue weighted by atomic mass is 127. The largest absolute Gasteiger partial charge is 0.288 e. The number of nitrogens with zero attached hydrogens (tertiary/aromatic N) is 1. The van der Waals surface area contributed by atoms with E-state index < -0.39 is 0 Å². The van der Waals surface area contributed by atoms with Gasteiger partial charge in [-0.15, -0.1) is 0 Å². The predicted molar refractivity (Wildman–Crippen MR) is 98.3 cm³/mol. The summed E-state index contributed by atoms with van der Waals surface area (Å²) in [6, 6.07) is 7.41. The van der Waals surface area contributed by atoms with Crippen molar-refractivity contribution in [2.45, 2.75) is 6.54 Å². The number of thioether (sulfide) groups is 1. The van der Waals surface area contributed by atoms with Crippen molar-refractivity contribution >= 4 is 68.4 Å². The third-order valence-electron chi connectivity index (χ3n) is 2.63. The Bertz CT molecular complexity index is 598. The van der Waals surface area contributed by atoms with Gasteiger partial charge in [0, 0.05) is 9.45 Å². The Morgan fingerprint density at radius 2 is 2.10 bits per heavy atom. The van der Waals surface area contributed by atoms with E-state index in [0.717, 1.165) is 15.6 Å². The number of hydrogen-bond donors (Lipinski definition) is 0. The first-order chi connectivity index (χ1) is 9.51. The lowest BCUT2D eigenvalue weighted by Gasteiger charge is -2.14. The van der Waals surface area contributed by atoms with Crippen LogP contribution < -0.4 is 0 Å². The summed E-state index contributed by atoms with van der Waals surface area (Å²) in [5.74, 6) is -0.0547. The van der Waals surface area contributed by atoms with E-state index in [4.69, 9.17) is 23.8 Å². The summed E-state index contributed by atoms with van der Waals surface area (Å²) in [7, 11) is 0. The first-order valence-corrected chi connectivity index (χ1v) is 8.87. The average molecular weight is 436 g/mol. The Kier molecular flexibility index (Phi) is 5.65. The molecule has 0 spiro atoms. The van der Waals surface area contributed by atoms with Gasteiger partial charge in [0.15, 0.2) is 0 Å². The standard InChI is InChI=1S/C14H11ClINOS2/c1-9(7-16)6-12-13(18)17(14(19)20-12)8-10-2-4-11(15)5-3-10/h2-6H,1,7-8H2/b12-6+. The number of carbonyl (C=O) groups is 1. The van der Waals surface area contributed by atoms with Crippen LogP contribution in [0.15, 0.2) is 47.4 Å². The second kappa shape index (κ2) is 7.06. The van der Waals surface area contributed by atoms with Crippen molar-refractivity contribution in [2.24, 2.45) is 0 Å². The van der Waals surface area contributed by atoms with Crippen molar-refractivity contribution in [1.82, 2.24) is 4.90 Å². The van der Waals surface area contributed by atoms with E-state index in [2.05, 4.69) is 29.2 Å². The molecule has 0 unspecified atom stereocenters. The normalized spacial score (nSPS) is 17.1. The average Bonchev–Trinajstić information content (AvgIpc) is 2.68. The molecule has 1 saturated heterocycles. The van der Waals surface area contributed by atoms with Crippen molar-refractivity contribution in [3.05, 3.63) is 58.0 Å². The third kappa shape index (κ3) is 3.84. The summed E-state index contributed by atoms with van der Waals surface area (Å²) < 4.78 is 1.37. The summed E-state index contributed by atoms with van der Waals surface area (Å²) >= 11 is 14.7. The van der Waals surface area contributed by atoms with Gasteiger partial charge in [0.1, 0.15) is 4.32 Å². The molecule has 1 aromatic carbocycles. The lowest BCUT2D eigenvalue weighted by Crippen LogP contribution is -2.27. The summed E-state index contributed by atoms with van der Waals surface area (Å²) in [6.45, 7) is 4.36. The van der Waals surface area contributed by atoms with Crippen LogP contribution in [0.2, 0.25) is 5.02 Å². The van der Waals surface area contributed by atoms with Crippen LogP contribution >= 0.6 is 58.2 Å². The minimum absolute atomic E-state index is 0.0547.